The van der Waals surface area contributed by atoms with Crippen LogP contribution in [0.5, 0.6) is 5.75 Å². The van der Waals surface area contributed by atoms with Gasteiger partial charge in [0.2, 0.25) is 0 Å². The number of para-hydroxylation sites is 1. The van der Waals surface area contributed by atoms with Crippen molar-refractivity contribution < 1.29 is 4.74 Å². The van der Waals surface area contributed by atoms with Gasteiger partial charge < -0.3 is 10.5 Å². The highest BCUT2D eigenvalue weighted by Gasteiger charge is 1.99. The maximum atomic E-state index is 5.48. The van der Waals surface area contributed by atoms with Gasteiger partial charge in [0.05, 0.1) is 0 Å². The number of nitrogens with two attached hydrogens (primary N) is 1. The molecule has 0 aromatic heterocycles. The normalized spacial score (nSPS) is 9.62. The van der Waals surface area contributed by atoms with Gasteiger partial charge in [-0.3, -0.25) is 0 Å². The van der Waals surface area contributed by atoms with Crippen LogP contribution >= 0.6 is 0 Å². The van der Waals surface area contributed by atoms with Gasteiger partial charge in [-0.25, -0.2) is 0 Å². The molecule has 0 aliphatic rings. The summed E-state index contributed by atoms with van der Waals surface area (Å²) in [6.07, 6.45) is 2.59. The van der Waals surface area contributed by atoms with E-state index in [9.17, 15) is 0 Å². The molecule has 0 aliphatic heterocycles. The van der Waals surface area contributed by atoms with Gasteiger partial charge in [0.15, 0.2) is 0 Å². The van der Waals surface area contributed by atoms with Crippen LogP contribution in [0.2, 0.25) is 0 Å². The lowest BCUT2D eigenvalue weighted by atomic mass is 10.1. The van der Waals surface area contributed by atoms with E-state index in [1.807, 2.05) is 24.3 Å². The molecular formula is C11H15NO. The highest BCUT2D eigenvalue weighted by atomic mass is 16.5. The molecule has 0 atom stereocenters. The van der Waals surface area contributed by atoms with Crippen LogP contribution in [0, 0.1) is 0 Å². The maximum Gasteiger partial charge on any atom is 0.123 e. The van der Waals surface area contributed by atoms with Crippen LogP contribution in [-0.4, -0.2) is 13.2 Å². The number of rotatable bonds is 5. The largest absolute Gasteiger partial charge is 0.489 e. The Bertz CT molecular complexity index is 271. The predicted octanol–water partition coefficient (Wildman–Crippen LogP) is 1.75. The molecule has 13 heavy (non-hydrogen) atoms. The molecule has 2 N–H and O–H groups in total. The Morgan fingerprint density at radius 2 is 2.15 bits per heavy atom. The lowest BCUT2D eigenvalue weighted by Crippen LogP contribution is -2.05. The first kappa shape index (κ1) is 9.81. The molecule has 0 amide bonds. The van der Waals surface area contributed by atoms with Gasteiger partial charge in [0.1, 0.15) is 12.4 Å². The van der Waals surface area contributed by atoms with Gasteiger partial charge in [-0.1, -0.05) is 30.9 Å². The SMILES string of the molecule is C=CCOc1ccccc1CCN. The Balaban J connectivity index is 2.71. The lowest BCUT2D eigenvalue weighted by molar-refractivity contribution is 0.359. The molecule has 0 saturated carbocycles. The van der Waals surface area contributed by atoms with Crippen LogP contribution in [0.4, 0.5) is 0 Å². The second-order valence-electron chi connectivity index (χ2n) is 2.75. The first-order valence-electron chi connectivity index (χ1n) is 4.40. The van der Waals surface area contributed by atoms with Gasteiger partial charge in [-0.05, 0) is 24.6 Å². The Morgan fingerprint density at radius 1 is 1.38 bits per heavy atom. The van der Waals surface area contributed by atoms with E-state index in [0.717, 1.165) is 17.7 Å². The average Bonchev–Trinajstić information content (AvgIpc) is 2.17. The zero-order valence-corrected chi connectivity index (χ0v) is 7.70. The van der Waals surface area contributed by atoms with Crippen LogP contribution in [0.1, 0.15) is 5.56 Å². The number of hydrogen-bond donors (Lipinski definition) is 1. The van der Waals surface area contributed by atoms with Crippen molar-refractivity contribution in [1.82, 2.24) is 0 Å². The first-order valence-corrected chi connectivity index (χ1v) is 4.40. The molecule has 2 heteroatoms. The molecule has 0 unspecified atom stereocenters. The van der Waals surface area contributed by atoms with E-state index in [1.165, 1.54) is 0 Å². The van der Waals surface area contributed by atoms with Crippen molar-refractivity contribution in [3.8, 4) is 5.75 Å². The Kier molecular flexibility index (Phi) is 4.06. The number of ether oxygens (including phenoxy) is 1. The molecule has 0 aliphatic carbocycles. The lowest BCUT2D eigenvalue weighted by Gasteiger charge is -2.08. The molecule has 70 valence electrons. The molecule has 0 radical (unpaired) electrons. The van der Waals surface area contributed by atoms with Gasteiger partial charge in [-0.2, -0.15) is 0 Å². The fourth-order valence-electron chi connectivity index (χ4n) is 1.16. The van der Waals surface area contributed by atoms with Crippen LogP contribution in [0.25, 0.3) is 0 Å². The van der Waals surface area contributed by atoms with Gasteiger partial charge in [0, 0.05) is 0 Å². The Morgan fingerprint density at radius 3 is 2.85 bits per heavy atom. The zero-order valence-electron chi connectivity index (χ0n) is 7.70. The summed E-state index contributed by atoms with van der Waals surface area (Å²) >= 11 is 0. The first-order chi connectivity index (χ1) is 6.38. The van der Waals surface area contributed by atoms with Gasteiger partial charge in [0.25, 0.3) is 0 Å². The number of benzene rings is 1. The Labute approximate surface area is 79.0 Å². The molecule has 0 bridgehead atoms. The third-order valence-corrected chi connectivity index (χ3v) is 1.74. The fourth-order valence-corrected chi connectivity index (χ4v) is 1.16. The molecule has 1 rings (SSSR count). The smallest absolute Gasteiger partial charge is 0.123 e. The minimum absolute atomic E-state index is 0.543. The molecule has 0 heterocycles. The van der Waals surface area contributed by atoms with E-state index >= 15 is 0 Å². The predicted molar refractivity (Wildman–Crippen MR) is 54.9 cm³/mol. The second-order valence-corrected chi connectivity index (χ2v) is 2.75. The van der Waals surface area contributed by atoms with E-state index < -0.39 is 0 Å². The molecule has 0 saturated heterocycles. The topological polar surface area (TPSA) is 35.2 Å². The van der Waals surface area contributed by atoms with Crippen molar-refractivity contribution in [2.24, 2.45) is 5.73 Å². The molecule has 1 aromatic carbocycles. The minimum Gasteiger partial charge on any atom is -0.489 e. The molecular weight excluding hydrogens is 162 g/mol. The monoisotopic (exact) mass is 177 g/mol. The molecule has 0 spiro atoms. The minimum atomic E-state index is 0.543. The van der Waals surface area contributed by atoms with Gasteiger partial charge in [-0.15, -0.1) is 0 Å². The van der Waals surface area contributed by atoms with Crippen LogP contribution < -0.4 is 10.5 Å². The average molecular weight is 177 g/mol. The second kappa shape index (κ2) is 5.38. The summed E-state index contributed by atoms with van der Waals surface area (Å²) in [4.78, 5) is 0. The third kappa shape index (κ3) is 2.92. The number of hydrogen-bond acceptors (Lipinski definition) is 2. The molecule has 0 fully saturated rings. The highest BCUT2D eigenvalue weighted by Crippen LogP contribution is 2.17. The third-order valence-electron chi connectivity index (χ3n) is 1.74. The van der Waals surface area contributed by atoms with E-state index in [1.54, 1.807) is 6.08 Å². The quantitative estimate of drug-likeness (QED) is 0.695. The highest BCUT2D eigenvalue weighted by molar-refractivity contribution is 5.33. The summed E-state index contributed by atoms with van der Waals surface area (Å²) in [6, 6.07) is 7.93. The van der Waals surface area contributed by atoms with Crippen molar-refractivity contribution in [3.05, 3.63) is 42.5 Å². The summed E-state index contributed by atoms with van der Waals surface area (Å²) in [5.41, 5.74) is 6.64. The van der Waals surface area contributed by atoms with Crippen LogP contribution in [0.15, 0.2) is 36.9 Å². The summed E-state index contributed by atoms with van der Waals surface area (Å²) in [5.74, 6) is 0.910. The van der Waals surface area contributed by atoms with E-state index in [0.29, 0.717) is 13.2 Å². The molecule has 1 aromatic rings. The summed E-state index contributed by atoms with van der Waals surface area (Å²) in [6.45, 7) is 4.79. The van der Waals surface area contributed by atoms with Crippen molar-refractivity contribution in [3.63, 3.8) is 0 Å². The van der Waals surface area contributed by atoms with Crippen LogP contribution in [0.3, 0.4) is 0 Å². The van der Waals surface area contributed by atoms with Crippen LogP contribution in [-0.2, 0) is 6.42 Å². The summed E-state index contributed by atoms with van der Waals surface area (Å²) in [7, 11) is 0. The van der Waals surface area contributed by atoms with Crippen molar-refractivity contribution in [1.29, 1.82) is 0 Å². The van der Waals surface area contributed by atoms with E-state index in [2.05, 4.69) is 6.58 Å². The summed E-state index contributed by atoms with van der Waals surface area (Å²) < 4.78 is 5.47. The van der Waals surface area contributed by atoms with Gasteiger partial charge >= 0.3 is 0 Å². The van der Waals surface area contributed by atoms with E-state index in [-0.39, 0.29) is 0 Å². The Hall–Kier alpha value is -1.28. The van der Waals surface area contributed by atoms with Crippen molar-refractivity contribution in [2.45, 2.75) is 6.42 Å². The van der Waals surface area contributed by atoms with E-state index in [4.69, 9.17) is 10.5 Å². The van der Waals surface area contributed by atoms with Crippen molar-refractivity contribution in [2.75, 3.05) is 13.2 Å². The van der Waals surface area contributed by atoms with Crippen molar-refractivity contribution >= 4 is 0 Å². The fraction of sp³-hybridized carbons (Fsp3) is 0.273. The maximum absolute atomic E-state index is 5.48. The molecule has 2 nitrogen and oxygen atoms in total. The standard InChI is InChI=1S/C11H15NO/c1-2-9-13-11-6-4-3-5-10(11)7-8-12/h2-6H,1,7-9,12H2. The zero-order chi connectivity index (χ0) is 9.52. The summed E-state index contributed by atoms with van der Waals surface area (Å²) in [5, 5.41) is 0.